The minimum atomic E-state index is -0.908. The third-order valence-electron chi connectivity index (χ3n) is 2.46. The van der Waals surface area contributed by atoms with Crippen LogP contribution < -0.4 is 15.3 Å². The van der Waals surface area contributed by atoms with Gasteiger partial charge in [0.1, 0.15) is 5.56 Å². The molecule has 0 saturated heterocycles. The number of hydrogen-bond donors (Lipinski definition) is 1. The van der Waals surface area contributed by atoms with Gasteiger partial charge in [-0.3, -0.25) is 4.79 Å². The van der Waals surface area contributed by atoms with Crippen LogP contribution in [0.5, 0.6) is 5.75 Å². The lowest BCUT2D eigenvalue weighted by atomic mass is 10.2. The maximum Gasteiger partial charge on any atom is 0.343 e. The van der Waals surface area contributed by atoms with Gasteiger partial charge >= 0.3 is 11.5 Å². The number of benzene rings is 1. The smallest absolute Gasteiger partial charge is 0.343 e. The maximum atomic E-state index is 11.8. The van der Waals surface area contributed by atoms with E-state index >= 15 is 0 Å². The van der Waals surface area contributed by atoms with Crippen molar-refractivity contribution in [1.29, 1.82) is 0 Å². The number of H-pyrrole nitrogens is 1. The Kier molecular flexibility index (Phi) is 3.61. The summed E-state index contributed by atoms with van der Waals surface area (Å²) < 4.78 is 5.94. The fraction of sp³-hybridized carbons (Fsp3) is 0.154. The molecule has 0 aliphatic carbocycles. The van der Waals surface area contributed by atoms with Gasteiger partial charge in [-0.2, -0.15) is 0 Å². The van der Waals surface area contributed by atoms with Crippen molar-refractivity contribution in [3.8, 4) is 11.4 Å². The van der Waals surface area contributed by atoms with E-state index < -0.39 is 22.8 Å². The van der Waals surface area contributed by atoms with Crippen LogP contribution in [0, 0.1) is 0 Å². The average Bonchev–Trinajstić information content (AvgIpc) is 2.39. The van der Waals surface area contributed by atoms with Gasteiger partial charge in [-0.1, -0.05) is 22.9 Å². The predicted molar refractivity (Wildman–Crippen MR) is 64.0 cm³/mol. The number of carbonyl (C=O) groups is 1. The number of aromatic nitrogens is 2. The molecule has 0 fully saturated rings. The van der Waals surface area contributed by atoms with Crippen molar-refractivity contribution >= 4 is 5.97 Å². The molecular weight excluding hydrogens is 248 g/mol. The molecule has 0 saturated carbocycles. The molecule has 6 heteroatoms. The molecule has 0 aliphatic rings. The molecule has 0 aliphatic heterocycles. The van der Waals surface area contributed by atoms with E-state index in [0.29, 0.717) is 5.69 Å². The summed E-state index contributed by atoms with van der Waals surface area (Å²) in [5.74, 6) is -1.58. The largest absolute Gasteiger partial charge is 0.868 e. The van der Waals surface area contributed by atoms with E-state index in [4.69, 9.17) is 0 Å². The van der Waals surface area contributed by atoms with Crippen LogP contribution in [0.4, 0.5) is 0 Å². The maximum absolute atomic E-state index is 11.8. The van der Waals surface area contributed by atoms with Crippen molar-refractivity contribution in [2.75, 3.05) is 6.61 Å². The van der Waals surface area contributed by atoms with Crippen molar-refractivity contribution in [2.24, 2.45) is 0 Å². The molecule has 1 N–H and O–H groups in total. The molecule has 0 amide bonds. The van der Waals surface area contributed by atoms with Gasteiger partial charge in [-0.15, -0.1) is 5.10 Å². The number of hydrogen-bond acceptors (Lipinski definition) is 4. The highest BCUT2D eigenvalue weighted by Gasteiger charge is 2.17. The molecule has 0 bridgehead atoms. The number of esters is 1. The quantitative estimate of drug-likeness (QED) is 0.617. The molecule has 1 heterocycles. The molecule has 1 aromatic heterocycles. The van der Waals surface area contributed by atoms with Crippen molar-refractivity contribution in [1.82, 2.24) is 5.10 Å². The summed E-state index contributed by atoms with van der Waals surface area (Å²) in [6, 6.07) is 8.79. The Morgan fingerprint density at radius 1 is 1.37 bits per heavy atom. The van der Waals surface area contributed by atoms with E-state index in [1.807, 2.05) is 6.07 Å². The number of nitrogens with one attached hydrogen (secondary N) is 1. The highest BCUT2D eigenvalue weighted by molar-refractivity contribution is 5.91. The first kappa shape index (κ1) is 12.8. The second-order valence-electron chi connectivity index (χ2n) is 3.74. The van der Waals surface area contributed by atoms with Gasteiger partial charge in [0, 0.05) is 12.1 Å². The normalized spacial score (nSPS) is 10.2. The number of aromatic amines is 1. The van der Waals surface area contributed by atoms with Crippen LogP contribution in [-0.2, 0) is 4.74 Å². The van der Waals surface area contributed by atoms with Crippen molar-refractivity contribution in [3.05, 3.63) is 52.4 Å². The Morgan fingerprint density at radius 2 is 2.05 bits per heavy atom. The van der Waals surface area contributed by atoms with Crippen LogP contribution in [0.25, 0.3) is 5.69 Å². The zero-order valence-electron chi connectivity index (χ0n) is 10.3. The van der Waals surface area contributed by atoms with Crippen LogP contribution >= 0.6 is 0 Å². The van der Waals surface area contributed by atoms with Crippen LogP contribution in [0.15, 0.2) is 41.3 Å². The highest BCUT2D eigenvalue weighted by atomic mass is 16.5. The number of para-hydroxylation sites is 1. The lowest BCUT2D eigenvalue weighted by molar-refractivity contribution is -0.664. The Bertz CT molecular complexity index is 649. The van der Waals surface area contributed by atoms with Crippen LogP contribution in [0.3, 0.4) is 0 Å². The third-order valence-corrected chi connectivity index (χ3v) is 2.46. The summed E-state index contributed by atoms with van der Waals surface area (Å²) in [4.78, 5) is 23.3. The number of rotatable bonds is 3. The first-order chi connectivity index (χ1) is 9.13. The molecular formula is C13H12N2O4. The van der Waals surface area contributed by atoms with E-state index in [0.717, 1.165) is 6.20 Å². The van der Waals surface area contributed by atoms with Crippen molar-refractivity contribution in [3.63, 3.8) is 0 Å². The SMILES string of the molecule is CCOC(=O)c1c([O-])c[n+](-c2ccccc2)[nH]c1=O. The molecule has 0 unspecified atom stereocenters. The summed E-state index contributed by atoms with van der Waals surface area (Å²) in [5, 5.41) is 14.2. The average molecular weight is 260 g/mol. The van der Waals surface area contributed by atoms with E-state index in [9.17, 15) is 14.7 Å². The first-order valence-electron chi connectivity index (χ1n) is 5.72. The number of ether oxygens (including phenoxy) is 1. The predicted octanol–water partition coefficient (Wildman–Crippen LogP) is -0.0981. The van der Waals surface area contributed by atoms with Gasteiger partial charge in [0.25, 0.3) is 0 Å². The molecule has 98 valence electrons. The fourth-order valence-electron chi connectivity index (χ4n) is 1.62. The van der Waals surface area contributed by atoms with E-state index in [1.54, 1.807) is 31.2 Å². The molecule has 2 aromatic rings. The van der Waals surface area contributed by atoms with E-state index in [1.165, 1.54) is 4.68 Å². The minimum absolute atomic E-state index is 0.102. The highest BCUT2D eigenvalue weighted by Crippen LogP contribution is 2.07. The van der Waals surface area contributed by atoms with Crippen LogP contribution in [0.1, 0.15) is 17.3 Å². The van der Waals surface area contributed by atoms with E-state index in [2.05, 4.69) is 9.84 Å². The lowest BCUT2D eigenvalue weighted by Crippen LogP contribution is -2.43. The molecule has 6 nitrogen and oxygen atoms in total. The molecule has 19 heavy (non-hydrogen) atoms. The molecule has 1 aromatic carbocycles. The zero-order chi connectivity index (χ0) is 13.8. The van der Waals surface area contributed by atoms with Gasteiger partial charge in [0.2, 0.25) is 5.69 Å². The monoisotopic (exact) mass is 260 g/mol. The summed E-state index contributed by atoms with van der Waals surface area (Å²) in [6.45, 7) is 1.70. The van der Waals surface area contributed by atoms with Gasteiger partial charge in [-0.25, -0.2) is 4.79 Å². The summed E-state index contributed by atoms with van der Waals surface area (Å²) in [5.41, 5.74) is -0.657. The Labute approximate surface area is 108 Å². The second kappa shape index (κ2) is 5.34. The Balaban J connectivity index is 2.49. The first-order valence-corrected chi connectivity index (χ1v) is 5.72. The van der Waals surface area contributed by atoms with Gasteiger partial charge < -0.3 is 9.84 Å². The standard InChI is InChI=1S/C13H12N2O4/c1-2-19-13(18)11-10(16)8-15(14-12(11)17)9-6-4-3-5-7-9/h3-8H,2H2,1H3,(H-,14,16,17,18). The van der Waals surface area contributed by atoms with Crippen LogP contribution in [-0.4, -0.2) is 17.7 Å². The van der Waals surface area contributed by atoms with E-state index in [-0.39, 0.29) is 6.61 Å². The molecule has 0 spiro atoms. The lowest BCUT2D eigenvalue weighted by Gasteiger charge is -2.08. The fourth-order valence-corrected chi connectivity index (χ4v) is 1.62. The second-order valence-corrected chi connectivity index (χ2v) is 3.74. The topological polar surface area (TPSA) is 86.1 Å². The van der Waals surface area contributed by atoms with Gasteiger partial charge in [0.05, 0.1) is 6.61 Å². The number of carbonyl (C=O) groups excluding carboxylic acids is 1. The van der Waals surface area contributed by atoms with Crippen molar-refractivity contribution in [2.45, 2.75) is 6.92 Å². The summed E-state index contributed by atoms with van der Waals surface area (Å²) in [6.07, 6.45) is 1.14. The molecule has 0 radical (unpaired) electrons. The van der Waals surface area contributed by atoms with Crippen LogP contribution in [0.2, 0.25) is 0 Å². The summed E-state index contributed by atoms with van der Waals surface area (Å²) in [7, 11) is 0. The number of nitrogens with zero attached hydrogens (tertiary/aromatic N) is 1. The molecule has 0 atom stereocenters. The van der Waals surface area contributed by atoms with Crippen molar-refractivity contribution < 1.29 is 19.3 Å². The Hall–Kier alpha value is -2.63. The zero-order valence-corrected chi connectivity index (χ0v) is 10.3. The third kappa shape index (κ3) is 2.62. The minimum Gasteiger partial charge on any atom is -0.868 e. The Morgan fingerprint density at radius 3 is 2.63 bits per heavy atom. The molecule has 2 rings (SSSR count). The summed E-state index contributed by atoms with van der Waals surface area (Å²) >= 11 is 0. The van der Waals surface area contributed by atoms with Gasteiger partial charge in [-0.05, 0) is 12.7 Å². The van der Waals surface area contributed by atoms with Gasteiger partial charge in [0.15, 0.2) is 6.20 Å².